The molecule has 2 atom stereocenters. The van der Waals surface area contributed by atoms with Crippen LogP contribution < -0.4 is 14.8 Å². The maximum Gasteiger partial charge on any atom is 0.241 e. The van der Waals surface area contributed by atoms with Gasteiger partial charge < -0.3 is 10.1 Å². The van der Waals surface area contributed by atoms with Crippen LogP contribution in [0.3, 0.4) is 0 Å². The summed E-state index contributed by atoms with van der Waals surface area (Å²) in [4.78, 5) is 4.25. The van der Waals surface area contributed by atoms with E-state index in [9.17, 15) is 12.8 Å². The highest BCUT2D eigenvalue weighted by Crippen LogP contribution is 2.37. The third kappa shape index (κ3) is 3.77. The summed E-state index contributed by atoms with van der Waals surface area (Å²) in [7, 11) is -3.61. The molecule has 3 N–H and O–H groups in total. The molecule has 3 heterocycles. The topological polar surface area (TPSA) is 109 Å². The molecule has 3 aromatic rings. The Bertz CT molecular complexity index is 1240. The van der Waals surface area contributed by atoms with E-state index >= 15 is 0 Å². The third-order valence-corrected chi connectivity index (χ3v) is 7.35. The molecular weight excluding hydrogens is 421 g/mol. The van der Waals surface area contributed by atoms with E-state index in [1.165, 1.54) is 12.1 Å². The van der Waals surface area contributed by atoms with Crippen molar-refractivity contribution in [3.63, 3.8) is 0 Å². The van der Waals surface area contributed by atoms with Crippen molar-refractivity contribution >= 4 is 21.5 Å². The van der Waals surface area contributed by atoms with Crippen molar-refractivity contribution in [2.45, 2.75) is 49.6 Å². The first kappa shape index (κ1) is 20.0. The normalized spacial score (nSPS) is 21.7. The summed E-state index contributed by atoms with van der Waals surface area (Å²) < 4.78 is 46.9. The summed E-state index contributed by atoms with van der Waals surface area (Å²) in [5, 5.41) is 10.2. The van der Waals surface area contributed by atoms with Gasteiger partial charge in [-0.25, -0.2) is 17.5 Å². The molecule has 1 aliphatic carbocycles. The Kier molecular flexibility index (Phi) is 4.90. The Labute approximate surface area is 179 Å². The fourth-order valence-electron chi connectivity index (χ4n) is 4.21. The van der Waals surface area contributed by atoms with Gasteiger partial charge >= 0.3 is 0 Å². The van der Waals surface area contributed by atoms with Crippen LogP contribution in [-0.2, 0) is 16.6 Å². The van der Waals surface area contributed by atoms with Gasteiger partial charge in [-0.05, 0) is 50.5 Å². The zero-order valence-corrected chi connectivity index (χ0v) is 17.7. The van der Waals surface area contributed by atoms with E-state index in [0.717, 1.165) is 36.4 Å². The number of fused-ring (bicyclic) bond motifs is 1. The summed E-state index contributed by atoms with van der Waals surface area (Å²) in [6, 6.07) is 8.49. The van der Waals surface area contributed by atoms with Gasteiger partial charge in [0.15, 0.2) is 11.6 Å². The number of aryl methyl sites for hydroxylation is 1. The highest BCUT2D eigenvalue weighted by Gasteiger charge is 2.31. The van der Waals surface area contributed by atoms with E-state index in [-0.39, 0.29) is 34.7 Å². The van der Waals surface area contributed by atoms with E-state index in [4.69, 9.17) is 4.74 Å². The van der Waals surface area contributed by atoms with Crippen LogP contribution in [0.4, 0.5) is 15.9 Å². The van der Waals surface area contributed by atoms with Crippen LogP contribution in [-0.4, -0.2) is 29.7 Å². The minimum Gasteiger partial charge on any atom is -0.489 e. The first-order valence-corrected chi connectivity index (χ1v) is 11.6. The molecule has 5 rings (SSSR count). The Morgan fingerprint density at radius 2 is 2.13 bits per heavy atom. The SMILES string of the molecule is Cc1ncccc1O[C@@H]1CC[C@H](c2cc(Nc3ccc4c(c3F)CNS4(=O)=O)n[nH]2)C1. The smallest absolute Gasteiger partial charge is 0.241 e. The lowest BCUT2D eigenvalue weighted by atomic mass is 10.0. The molecule has 2 aromatic heterocycles. The molecule has 0 saturated heterocycles. The fraction of sp³-hybridized carbons (Fsp3) is 0.333. The van der Waals surface area contributed by atoms with Crippen molar-refractivity contribution in [1.82, 2.24) is 19.9 Å². The Morgan fingerprint density at radius 3 is 2.97 bits per heavy atom. The summed E-state index contributed by atoms with van der Waals surface area (Å²) >= 11 is 0. The van der Waals surface area contributed by atoms with E-state index in [2.05, 4.69) is 25.2 Å². The molecule has 0 amide bonds. The number of anilines is 2. The van der Waals surface area contributed by atoms with E-state index in [1.807, 2.05) is 25.1 Å². The number of halogens is 1. The second-order valence-electron chi connectivity index (χ2n) is 7.90. The number of sulfonamides is 1. The molecule has 1 fully saturated rings. The average molecular weight is 444 g/mol. The minimum absolute atomic E-state index is 0.0147. The van der Waals surface area contributed by atoms with Crippen molar-refractivity contribution in [3.05, 3.63) is 59.3 Å². The van der Waals surface area contributed by atoms with Crippen LogP contribution in [0.25, 0.3) is 0 Å². The van der Waals surface area contributed by atoms with Gasteiger partial charge in [-0.2, -0.15) is 5.10 Å². The number of nitrogens with one attached hydrogen (secondary N) is 3. The largest absolute Gasteiger partial charge is 0.489 e. The first-order chi connectivity index (χ1) is 14.9. The minimum atomic E-state index is -3.61. The third-order valence-electron chi connectivity index (χ3n) is 5.87. The van der Waals surface area contributed by atoms with Crippen LogP contribution >= 0.6 is 0 Å². The molecule has 1 saturated carbocycles. The van der Waals surface area contributed by atoms with Crippen LogP contribution in [0.1, 0.15) is 42.1 Å². The average Bonchev–Trinajstić information content (AvgIpc) is 3.45. The molecule has 10 heteroatoms. The predicted molar refractivity (Wildman–Crippen MR) is 112 cm³/mol. The van der Waals surface area contributed by atoms with Gasteiger partial charge in [0.1, 0.15) is 5.75 Å². The molecule has 2 aliphatic rings. The summed E-state index contributed by atoms with van der Waals surface area (Å²) in [5.41, 5.74) is 2.17. The lowest BCUT2D eigenvalue weighted by Gasteiger charge is -2.15. The van der Waals surface area contributed by atoms with Crippen LogP contribution in [0.5, 0.6) is 5.75 Å². The Morgan fingerprint density at radius 1 is 1.26 bits per heavy atom. The second-order valence-corrected chi connectivity index (χ2v) is 9.63. The van der Waals surface area contributed by atoms with Gasteiger partial charge in [0.25, 0.3) is 0 Å². The van der Waals surface area contributed by atoms with Crippen LogP contribution in [0, 0.1) is 12.7 Å². The summed E-state index contributed by atoms with van der Waals surface area (Å²) in [6.45, 7) is 1.88. The molecule has 0 bridgehead atoms. The van der Waals surface area contributed by atoms with E-state index < -0.39 is 15.8 Å². The zero-order chi connectivity index (χ0) is 21.6. The predicted octanol–water partition coefficient (Wildman–Crippen LogP) is 3.50. The molecule has 0 radical (unpaired) electrons. The molecule has 8 nitrogen and oxygen atoms in total. The molecule has 1 aromatic carbocycles. The Hall–Kier alpha value is -2.98. The maximum absolute atomic E-state index is 14.8. The van der Waals surface area contributed by atoms with Crippen molar-refractivity contribution in [3.8, 4) is 5.75 Å². The van der Waals surface area contributed by atoms with Gasteiger partial charge in [-0.15, -0.1) is 0 Å². The second kappa shape index (κ2) is 7.61. The maximum atomic E-state index is 14.8. The lowest BCUT2D eigenvalue weighted by molar-refractivity contribution is 0.205. The van der Waals surface area contributed by atoms with Crippen molar-refractivity contribution < 1.29 is 17.5 Å². The van der Waals surface area contributed by atoms with Crippen LogP contribution in [0.15, 0.2) is 41.4 Å². The molecule has 1 aliphatic heterocycles. The molecule has 162 valence electrons. The highest BCUT2D eigenvalue weighted by molar-refractivity contribution is 7.89. The monoisotopic (exact) mass is 443 g/mol. The van der Waals surface area contributed by atoms with Crippen molar-refractivity contribution in [2.75, 3.05) is 5.32 Å². The number of nitrogens with zero attached hydrogens (tertiary/aromatic N) is 2. The van der Waals surface area contributed by atoms with Crippen LogP contribution in [0.2, 0.25) is 0 Å². The quantitative estimate of drug-likeness (QED) is 0.557. The molecule has 31 heavy (non-hydrogen) atoms. The number of rotatable bonds is 5. The number of hydrogen-bond donors (Lipinski definition) is 3. The lowest BCUT2D eigenvalue weighted by Crippen LogP contribution is -2.13. The standard InChI is InChI=1S/C21H22FN5O3S/c1-12-18(3-2-8-23-12)30-14-5-4-13(9-14)17-10-20(27-26-17)25-16-6-7-19-15(21(16)22)11-24-31(19,28)29/h2-3,6-8,10,13-14,24H,4-5,9,11H2,1H3,(H2,25,26,27)/t13-,14+/m0/s1. The highest BCUT2D eigenvalue weighted by atomic mass is 32.2. The number of benzene rings is 1. The zero-order valence-electron chi connectivity index (χ0n) is 16.9. The van der Waals surface area contributed by atoms with Gasteiger partial charge in [-0.3, -0.25) is 10.1 Å². The number of pyridine rings is 1. The molecule has 0 unspecified atom stereocenters. The first-order valence-electron chi connectivity index (χ1n) is 10.1. The number of aromatic nitrogens is 3. The van der Waals surface area contributed by atoms with E-state index in [1.54, 1.807) is 6.20 Å². The Balaban J connectivity index is 1.27. The summed E-state index contributed by atoms with van der Waals surface area (Å²) in [6.07, 6.45) is 4.60. The number of hydrogen-bond acceptors (Lipinski definition) is 6. The number of ether oxygens (including phenoxy) is 1. The molecular formula is C21H22FN5O3S. The van der Waals surface area contributed by atoms with Gasteiger partial charge in [-0.1, -0.05) is 0 Å². The van der Waals surface area contributed by atoms with Crippen molar-refractivity contribution in [2.24, 2.45) is 0 Å². The van der Waals surface area contributed by atoms with Crippen molar-refractivity contribution in [1.29, 1.82) is 0 Å². The van der Waals surface area contributed by atoms with E-state index in [0.29, 0.717) is 5.82 Å². The fourth-order valence-corrected chi connectivity index (χ4v) is 5.44. The van der Waals surface area contributed by atoms with Gasteiger partial charge in [0, 0.05) is 36.0 Å². The summed E-state index contributed by atoms with van der Waals surface area (Å²) in [5.74, 6) is 0.972. The molecule has 0 spiro atoms. The van der Waals surface area contributed by atoms with Gasteiger partial charge in [0.2, 0.25) is 10.0 Å². The van der Waals surface area contributed by atoms with Gasteiger partial charge in [0.05, 0.1) is 22.4 Å². The number of H-pyrrole nitrogens is 1. The number of aromatic amines is 1.